The maximum absolute atomic E-state index is 9.99. The standard InChI is InChI=1S/C14H15IO/c1-10(15)9-12-6-3-2-5-11-7-4-8-13(16)14(11)12/h2-8,10,12,16H,9H2,1H3. The maximum atomic E-state index is 9.99. The Kier molecular flexibility index (Phi) is 3.69. The Morgan fingerprint density at radius 3 is 2.94 bits per heavy atom. The average Bonchev–Trinajstić information content (AvgIpc) is 2.41. The first-order chi connectivity index (χ1) is 7.68. The molecule has 0 saturated heterocycles. The summed E-state index contributed by atoms with van der Waals surface area (Å²) in [6.07, 6.45) is 9.41. The topological polar surface area (TPSA) is 20.2 Å². The van der Waals surface area contributed by atoms with Crippen LogP contribution in [-0.2, 0) is 0 Å². The molecule has 2 atom stereocenters. The number of aromatic hydroxyl groups is 1. The van der Waals surface area contributed by atoms with Gasteiger partial charge in [-0.1, -0.05) is 66.0 Å². The van der Waals surface area contributed by atoms with E-state index in [4.69, 9.17) is 0 Å². The Morgan fingerprint density at radius 2 is 2.19 bits per heavy atom. The zero-order chi connectivity index (χ0) is 11.5. The molecular formula is C14H15IO. The van der Waals surface area contributed by atoms with E-state index < -0.39 is 0 Å². The van der Waals surface area contributed by atoms with Crippen molar-refractivity contribution in [1.29, 1.82) is 0 Å². The number of benzene rings is 1. The highest BCUT2D eigenvalue weighted by Gasteiger charge is 2.18. The predicted octanol–water partition coefficient (Wildman–Crippen LogP) is 4.27. The van der Waals surface area contributed by atoms with E-state index in [2.05, 4.69) is 53.8 Å². The van der Waals surface area contributed by atoms with Gasteiger partial charge in [-0.3, -0.25) is 0 Å². The van der Waals surface area contributed by atoms with Crippen molar-refractivity contribution in [2.75, 3.05) is 0 Å². The lowest BCUT2D eigenvalue weighted by Crippen LogP contribution is -2.03. The van der Waals surface area contributed by atoms with Crippen LogP contribution in [0.1, 0.15) is 30.4 Å². The van der Waals surface area contributed by atoms with Crippen molar-refractivity contribution < 1.29 is 5.11 Å². The van der Waals surface area contributed by atoms with Crippen LogP contribution in [0.3, 0.4) is 0 Å². The fourth-order valence-electron chi connectivity index (χ4n) is 2.12. The quantitative estimate of drug-likeness (QED) is 0.636. The van der Waals surface area contributed by atoms with Crippen LogP contribution >= 0.6 is 22.6 Å². The van der Waals surface area contributed by atoms with Crippen molar-refractivity contribution >= 4 is 28.7 Å². The highest BCUT2D eigenvalue weighted by Crippen LogP contribution is 2.36. The molecule has 1 aliphatic carbocycles. The molecule has 1 aromatic carbocycles. The zero-order valence-electron chi connectivity index (χ0n) is 9.23. The Morgan fingerprint density at radius 1 is 1.38 bits per heavy atom. The first-order valence-corrected chi connectivity index (χ1v) is 6.74. The van der Waals surface area contributed by atoms with Crippen molar-refractivity contribution in [3.05, 3.63) is 47.6 Å². The molecule has 2 rings (SSSR count). The summed E-state index contributed by atoms with van der Waals surface area (Å²) in [6.45, 7) is 2.20. The van der Waals surface area contributed by atoms with Crippen LogP contribution in [0.25, 0.3) is 6.08 Å². The van der Waals surface area contributed by atoms with Gasteiger partial charge in [0.05, 0.1) is 0 Å². The van der Waals surface area contributed by atoms with Gasteiger partial charge >= 0.3 is 0 Å². The van der Waals surface area contributed by atoms with E-state index in [0.717, 1.165) is 17.5 Å². The molecule has 0 aromatic heterocycles. The summed E-state index contributed by atoms with van der Waals surface area (Å²) in [7, 11) is 0. The monoisotopic (exact) mass is 326 g/mol. The van der Waals surface area contributed by atoms with E-state index in [9.17, 15) is 5.11 Å². The smallest absolute Gasteiger partial charge is 0.119 e. The molecular weight excluding hydrogens is 311 g/mol. The maximum Gasteiger partial charge on any atom is 0.119 e. The van der Waals surface area contributed by atoms with Gasteiger partial charge in [-0.25, -0.2) is 0 Å². The molecule has 0 amide bonds. The molecule has 16 heavy (non-hydrogen) atoms. The van der Waals surface area contributed by atoms with Crippen LogP contribution in [0.15, 0.2) is 36.4 Å². The molecule has 1 aliphatic rings. The Bertz CT molecular complexity index is 432. The van der Waals surface area contributed by atoms with Crippen molar-refractivity contribution in [3.8, 4) is 5.75 Å². The van der Waals surface area contributed by atoms with Crippen LogP contribution < -0.4 is 0 Å². The molecule has 0 aliphatic heterocycles. The number of rotatable bonds is 2. The second-order valence-electron chi connectivity index (χ2n) is 4.15. The fraction of sp³-hybridized carbons (Fsp3) is 0.286. The molecule has 2 unspecified atom stereocenters. The zero-order valence-corrected chi connectivity index (χ0v) is 11.4. The number of alkyl halides is 1. The third-order valence-electron chi connectivity index (χ3n) is 2.80. The minimum Gasteiger partial charge on any atom is -0.508 e. The Labute approximate surface area is 110 Å². The lowest BCUT2D eigenvalue weighted by molar-refractivity contribution is 0.464. The third-order valence-corrected chi connectivity index (χ3v) is 3.31. The molecule has 0 radical (unpaired) electrons. The third kappa shape index (κ3) is 2.48. The molecule has 2 heteroatoms. The van der Waals surface area contributed by atoms with Gasteiger partial charge in [-0.15, -0.1) is 0 Å². The summed E-state index contributed by atoms with van der Waals surface area (Å²) in [5.41, 5.74) is 2.20. The molecule has 0 saturated carbocycles. The number of halogens is 1. The second-order valence-corrected chi connectivity index (χ2v) is 6.27. The molecule has 1 N–H and O–H groups in total. The molecule has 1 nitrogen and oxygen atoms in total. The van der Waals surface area contributed by atoms with E-state index in [0.29, 0.717) is 15.6 Å². The summed E-state index contributed by atoms with van der Waals surface area (Å²) in [6, 6.07) is 5.73. The van der Waals surface area contributed by atoms with Gasteiger partial charge in [-0.05, 0) is 18.1 Å². The van der Waals surface area contributed by atoms with Gasteiger partial charge < -0.3 is 5.11 Å². The molecule has 0 spiro atoms. The average molecular weight is 326 g/mol. The number of fused-ring (bicyclic) bond motifs is 1. The fourth-order valence-corrected chi connectivity index (χ4v) is 2.67. The first-order valence-electron chi connectivity index (χ1n) is 5.49. The van der Waals surface area contributed by atoms with Crippen LogP contribution in [0.5, 0.6) is 5.75 Å². The molecule has 0 fully saturated rings. The Balaban J connectivity index is 2.45. The summed E-state index contributed by atoms with van der Waals surface area (Å²) >= 11 is 2.43. The van der Waals surface area contributed by atoms with Gasteiger partial charge in [0.1, 0.15) is 5.75 Å². The van der Waals surface area contributed by atoms with E-state index >= 15 is 0 Å². The first kappa shape index (κ1) is 11.7. The number of hydrogen-bond donors (Lipinski definition) is 1. The minimum absolute atomic E-state index is 0.318. The number of phenols is 1. The van der Waals surface area contributed by atoms with E-state index in [1.54, 1.807) is 6.07 Å². The highest BCUT2D eigenvalue weighted by atomic mass is 127. The summed E-state index contributed by atoms with van der Waals surface area (Å²) in [5, 5.41) is 9.99. The predicted molar refractivity (Wildman–Crippen MR) is 77.1 cm³/mol. The number of phenolic OH excluding ortho intramolecular Hbond substituents is 1. The van der Waals surface area contributed by atoms with Crippen molar-refractivity contribution in [3.63, 3.8) is 0 Å². The lowest BCUT2D eigenvalue weighted by atomic mass is 9.90. The second kappa shape index (κ2) is 5.04. The van der Waals surface area contributed by atoms with Crippen molar-refractivity contribution in [2.24, 2.45) is 0 Å². The minimum atomic E-state index is 0.318. The molecule has 1 aromatic rings. The normalized spacial score (nSPS) is 20.2. The summed E-state index contributed by atoms with van der Waals surface area (Å²) in [5.74, 6) is 0.730. The lowest BCUT2D eigenvalue weighted by Gasteiger charge is -2.17. The molecule has 0 bridgehead atoms. The van der Waals surface area contributed by atoms with Crippen LogP contribution in [0, 0.1) is 0 Å². The van der Waals surface area contributed by atoms with E-state index in [-0.39, 0.29) is 0 Å². The van der Waals surface area contributed by atoms with Gasteiger partial charge in [0.25, 0.3) is 0 Å². The Hall–Kier alpha value is -0.770. The van der Waals surface area contributed by atoms with Crippen molar-refractivity contribution in [1.82, 2.24) is 0 Å². The largest absolute Gasteiger partial charge is 0.508 e. The summed E-state index contributed by atoms with van der Waals surface area (Å²) in [4.78, 5) is 0. The van der Waals surface area contributed by atoms with E-state index in [1.807, 2.05) is 12.1 Å². The molecule has 84 valence electrons. The van der Waals surface area contributed by atoms with Crippen molar-refractivity contribution in [2.45, 2.75) is 23.2 Å². The van der Waals surface area contributed by atoms with Crippen LogP contribution in [-0.4, -0.2) is 9.03 Å². The van der Waals surface area contributed by atoms with Gasteiger partial charge in [0.2, 0.25) is 0 Å². The summed E-state index contributed by atoms with van der Waals surface area (Å²) < 4.78 is 0.595. The highest BCUT2D eigenvalue weighted by molar-refractivity contribution is 14.1. The number of allylic oxidation sites excluding steroid dienone is 3. The van der Waals surface area contributed by atoms with Crippen LogP contribution in [0.2, 0.25) is 0 Å². The van der Waals surface area contributed by atoms with Crippen LogP contribution in [0.4, 0.5) is 0 Å². The molecule has 0 heterocycles. The number of hydrogen-bond acceptors (Lipinski definition) is 1. The van der Waals surface area contributed by atoms with Gasteiger partial charge in [0.15, 0.2) is 0 Å². The van der Waals surface area contributed by atoms with Gasteiger partial charge in [-0.2, -0.15) is 0 Å². The van der Waals surface area contributed by atoms with E-state index in [1.165, 1.54) is 0 Å². The SMILES string of the molecule is CC(I)CC1C=CC=Cc2cccc(O)c21. The van der Waals surface area contributed by atoms with Gasteiger partial charge in [0, 0.05) is 15.4 Å².